The minimum absolute atomic E-state index is 0.0106. The van der Waals surface area contributed by atoms with Crippen LogP contribution in [0.3, 0.4) is 0 Å². The second-order valence-electron chi connectivity index (χ2n) is 7.27. The molecule has 3 aromatic rings. The van der Waals surface area contributed by atoms with Gasteiger partial charge in [0.15, 0.2) is 5.82 Å². The van der Waals surface area contributed by atoms with Crippen molar-refractivity contribution in [1.82, 2.24) is 20.0 Å². The van der Waals surface area contributed by atoms with Gasteiger partial charge in [0, 0.05) is 30.3 Å². The van der Waals surface area contributed by atoms with Crippen LogP contribution in [0.1, 0.15) is 47.4 Å². The predicted molar refractivity (Wildman–Crippen MR) is 101 cm³/mol. The normalized spacial score (nSPS) is 19.6. The van der Waals surface area contributed by atoms with Gasteiger partial charge in [-0.15, -0.1) is 0 Å². The van der Waals surface area contributed by atoms with Crippen molar-refractivity contribution in [2.24, 2.45) is 0 Å². The highest BCUT2D eigenvalue weighted by atomic mass is 19.1. The molecule has 1 amide bonds. The molecule has 0 spiro atoms. The number of hydrogen-bond donors (Lipinski definition) is 0. The van der Waals surface area contributed by atoms with E-state index in [9.17, 15) is 9.18 Å². The summed E-state index contributed by atoms with van der Waals surface area (Å²) < 4.78 is 18.6. The number of likely N-dealkylation sites (tertiary alicyclic amines) is 1. The summed E-state index contributed by atoms with van der Waals surface area (Å²) in [6, 6.07) is 9.53. The monoisotopic (exact) mass is 380 g/mol. The number of halogens is 1. The zero-order valence-corrected chi connectivity index (χ0v) is 15.8. The molecule has 0 N–H and O–H groups in total. The second-order valence-corrected chi connectivity index (χ2v) is 7.27. The molecule has 2 atom stereocenters. The van der Waals surface area contributed by atoms with E-state index < -0.39 is 0 Å². The van der Waals surface area contributed by atoms with Crippen molar-refractivity contribution in [3.63, 3.8) is 0 Å². The molecule has 1 aliphatic rings. The van der Waals surface area contributed by atoms with Gasteiger partial charge in [-0.3, -0.25) is 9.78 Å². The molecule has 1 saturated heterocycles. The van der Waals surface area contributed by atoms with Gasteiger partial charge >= 0.3 is 0 Å². The summed E-state index contributed by atoms with van der Waals surface area (Å²) in [6.45, 7) is 4.49. The Morgan fingerprint density at radius 1 is 1.18 bits per heavy atom. The minimum Gasteiger partial charge on any atom is -0.335 e. The molecule has 3 heterocycles. The molecule has 6 nitrogen and oxygen atoms in total. The van der Waals surface area contributed by atoms with E-state index >= 15 is 0 Å². The van der Waals surface area contributed by atoms with Crippen LogP contribution in [0.5, 0.6) is 0 Å². The van der Waals surface area contributed by atoms with Crippen molar-refractivity contribution in [2.45, 2.75) is 38.6 Å². The Bertz CT molecular complexity index is 969. The van der Waals surface area contributed by atoms with Gasteiger partial charge in [-0.1, -0.05) is 11.2 Å². The van der Waals surface area contributed by atoms with Crippen molar-refractivity contribution in [1.29, 1.82) is 0 Å². The van der Waals surface area contributed by atoms with E-state index in [1.54, 1.807) is 6.20 Å². The molecule has 1 aliphatic heterocycles. The first-order valence-electron chi connectivity index (χ1n) is 9.34. The number of pyridine rings is 1. The van der Waals surface area contributed by atoms with Crippen molar-refractivity contribution >= 4 is 5.91 Å². The minimum atomic E-state index is -0.356. The second kappa shape index (κ2) is 7.50. The Labute approximate surface area is 162 Å². The van der Waals surface area contributed by atoms with Crippen LogP contribution in [0.4, 0.5) is 4.39 Å². The number of hydrogen-bond acceptors (Lipinski definition) is 5. The van der Waals surface area contributed by atoms with E-state index in [1.807, 2.05) is 30.9 Å². The van der Waals surface area contributed by atoms with Crippen LogP contribution in [0.2, 0.25) is 0 Å². The Morgan fingerprint density at radius 2 is 1.96 bits per heavy atom. The van der Waals surface area contributed by atoms with Crippen LogP contribution in [-0.4, -0.2) is 38.5 Å². The number of nitrogens with zero attached hydrogens (tertiary/aromatic N) is 4. The summed E-state index contributed by atoms with van der Waals surface area (Å²) in [5, 5.41) is 4.13. The number of amides is 1. The standard InChI is InChI=1S/C21H21FN4O2/c1-13-3-10-18(23-11-13)20-24-19(25-28-20)16-5-4-14(2)26(12-16)21(27)15-6-8-17(22)9-7-15/h3,6-11,14,16H,4-5,12H2,1-2H3/t14-,16+/m1/s1. The van der Waals surface area contributed by atoms with E-state index in [-0.39, 0.29) is 23.7 Å². The molecule has 4 rings (SSSR count). The number of aromatic nitrogens is 3. The topological polar surface area (TPSA) is 72.1 Å². The van der Waals surface area contributed by atoms with Gasteiger partial charge in [-0.25, -0.2) is 4.39 Å². The highest BCUT2D eigenvalue weighted by molar-refractivity contribution is 5.94. The number of rotatable bonds is 3. The highest BCUT2D eigenvalue weighted by Crippen LogP contribution is 2.30. The van der Waals surface area contributed by atoms with Crippen molar-refractivity contribution in [2.75, 3.05) is 6.54 Å². The van der Waals surface area contributed by atoms with Crippen LogP contribution >= 0.6 is 0 Å². The molecule has 0 saturated carbocycles. The zero-order valence-electron chi connectivity index (χ0n) is 15.8. The maximum absolute atomic E-state index is 13.2. The number of aryl methyl sites for hydroxylation is 1. The lowest BCUT2D eigenvalue weighted by molar-refractivity contribution is 0.0604. The maximum atomic E-state index is 13.2. The average molecular weight is 380 g/mol. The first-order chi connectivity index (χ1) is 13.5. The molecule has 2 aromatic heterocycles. The molecule has 1 aromatic carbocycles. The Kier molecular flexibility index (Phi) is 4.90. The lowest BCUT2D eigenvalue weighted by atomic mass is 9.92. The quantitative estimate of drug-likeness (QED) is 0.687. The van der Waals surface area contributed by atoms with E-state index in [2.05, 4.69) is 15.1 Å². The third-order valence-electron chi connectivity index (χ3n) is 5.17. The van der Waals surface area contributed by atoms with E-state index in [1.165, 1.54) is 24.3 Å². The Morgan fingerprint density at radius 3 is 2.68 bits per heavy atom. The fourth-order valence-corrected chi connectivity index (χ4v) is 3.46. The number of piperidine rings is 1. The number of carbonyl (C=O) groups is 1. The third kappa shape index (κ3) is 3.65. The summed E-state index contributed by atoms with van der Waals surface area (Å²) in [7, 11) is 0. The Hall–Kier alpha value is -3.09. The SMILES string of the molecule is Cc1ccc(-c2nc([C@H]3CC[C@@H](C)N(C(=O)c4ccc(F)cc4)C3)no2)nc1. The van der Waals surface area contributed by atoms with Gasteiger partial charge in [0.25, 0.3) is 11.8 Å². The number of carbonyl (C=O) groups excluding carboxylic acids is 1. The molecule has 0 aliphatic carbocycles. The van der Waals surface area contributed by atoms with E-state index in [0.717, 1.165) is 18.4 Å². The van der Waals surface area contributed by atoms with Crippen molar-refractivity contribution in [3.8, 4) is 11.6 Å². The summed E-state index contributed by atoms with van der Waals surface area (Å²) in [5.74, 6) is 0.487. The van der Waals surface area contributed by atoms with Gasteiger partial charge < -0.3 is 9.42 Å². The average Bonchev–Trinajstić information content (AvgIpc) is 3.19. The molecule has 0 radical (unpaired) electrons. The molecule has 1 fully saturated rings. The summed E-state index contributed by atoms with van der Waals surface area (Å²) in [6.07, 6.45) is 3.46. The molecule has 0 bridgehead atoms. The van der Waals surface area contributed by atoms with Crippen LogP contribution in [0.25, 0.3) is 11.6 Å². The van der Waals surface area contributed by atoms with Gasteiger partial charge in [0.1, 0.15) is 11.5 Å². The van der Waals surface area contributed by atoms with Gasteiger partial charge in [0.05, 0.1) is 0 Å². The van der Waals surface area contributed by atoms with Gasteiger partial charge in [0.2, 0.25) is 0 Å². The smallest absolute Gasteiger partial charge is 0.276 e. The molecule has 28 heavy (non-hydrogen) atoms. The maximum Gasteiger partial charge on any atom is 0.276 e. The van der Waals surface area contributed by atoms with Crippen molar-refractivity contribution < 1.29 is 13.7 Å². The van der Waals surface area contributed by atoms with Crippen molar-refractivity contribution in [3.05, 3.63) is 65.4 Å². The molecular formula is C21H21FN4O2. The lowest BCUT2D eigenvalue weighted by Gasteiger charge is -2.37. The largest absolute Gasteiger partial charge is 0.335 e. The fraction of sp³-hybridized carbons (Fsp3) is 0.333. The summed E-state index contributed by atoms with van der Waals surface area (Å²) >= 11 is 0. The fourth-order valence-electron chi connectivity index (χ4n) is 3.46. The van der Waals surface area contributed by atoms with Gasteiger partial charge in [-0.05, 0) is 62.6 Å². The Balaban J connectivity index is 1.52. The molecule has 0 unspecified atom stereocenters. The van der Waals surface area contributed by atoms with Crippen LogP contribution in [0.15, 0.2) is 47.1 Å². The summed E-state index contributed by atoms with van der Waals surface area (Å²) in [4.78, 5) is 23.5. The molecular weight excluding hydrogens is 359 g/mol. The zero-order chi connectivity index (χ0) is 19.7. The van der Waals surface area contributed by atoms with Crippen LogP contribution in [-0.2, 0) is 0 Å². The third-order valence-corrected chi connectivity index (χ3v) is 5.17. The highest BCUT2D eigenvalue weighted by Gasteiger charge is 2.32. The van der Waals surface area contributed by atoms with E-state index in [4.69, 9.17) is 4.52 Å². The lowest BCUT2D eigenvalue weighted by Crippen LogP contribution is -2.45. The summed E-state index contributed by atoms with van der Waals surface area (Å²) in [5.41, 5.74) is 2.17. The number of benzene rings is 1. The molecule has 144 valence electrons. The van der Waals surface area contributed by atoms with E-state index in [0.29, 0.717) is 29.5 Å². The van der Waals surface area contributed by atoms with Crippen LogP contribution < -0.4 is 0 Å². The predicted octanol–water partition coefficient (Wildman–Crippen LogP) is 3.99. The first-order valence-corrected chi connectivity index (χ1v) is 9.34. The van der Waals surface area contributed by atoms with Crippen LogP contribution in [0, 0.1) is 12.7 Å². The van der Waals surface area contributed by atoms with Gasteiger partial charge in [-0.2, -0.15) is 4.98 Å². The molecule has 7 heteroatoms. The first kappa shape index (κ1) is 18.3.